The van der Waals surface area contributed by atoms with Gasteiger partial charge >= 0.3 is 6.03 Å². The average molecular weight is 415 g/mol. The van der Waals surface area contributed by atoms with Crippen molar-refractivity contribution in [2.24, 2.45) is 5.92 Å². The molecule has 2 saturated heterocycles. The molecule has 4 amide bonds. The van der Waals surface area contributed by atoms with Crippen LogP contribution < -0.4 is 10.0 Å². The highest BCUT2D eigenvalue weighted by atomic mass is 32.2. The summed E-state index contributed by atoms with van der Waals surface area (Å²) in [7, 11) is 0. The summed E-state index contributed by atoms with van der Waals surface area (Å²) in [5.41, 5.74) is 1.74. The summed E-state index contributed by atoms with van der Waals surface area (Å²) in [5, 5.41) is 2.77. The maximum Gasteiger partial charge on any atom is 0.328 e. The minimum Gasteiger partial charge on any atom is -0.338 e. The van der Waals surface area contributed by atoms with E-state index < -0.39 is 12.1 Å². The highest BCUT2D eigenvalue weighted by Gasteiger charge is 2.44. The first-order chi connectivity index (χ1) is 14.1. The Balaban J connectivity index is 1.40. The topological polar surface area (TPSA) is 81.8 Å². The lowest BCUT2D eigenvalue weighted by Gasteiger charge is -2.33. The number of imide groups is 1. The van der Waals surface area contributed by atoms with E-state index in [1.165, 1.54) is 10.5 Å². The van der Waals surface area contributed by atoms with Gasteiger partial charge < -0.3 is 10.2 Å². The summed E-state index contributed by atoms with van der Waals surface area (Å²) < 4.78 is 3.02. The zero-order chi connectivity index (χ0) is 20.4. The predicted molar refractivity (Wildman–Crippen MR) is 112 cm³/mol. The van der Waals surface area contributed by atoms with Crippen LogP contribution in [-0.2, 0) is 16.0 Å². The van der Waals surface area contributed by atoms with E-state index in [4.69, 9.17) is 0 Å². The fourth-order valence-electron chi connectivity index (χ4n) is 4.13. The number of urea groups is 1. The molecule has 0 bridgehead atoms. The molecule has 7 nitrogen and oxygen atoms in total. The smallest absolute Gasteiger partial charge is 0.328 e. The van der Waals surface area contributed by atoms with Crippen LogP contribution in [0.25, 0.3) is 0 Å². The lowest BCUT2D eigenvalue weighted by Crippen LogP contribution is -2.58. The molecule has 0 saturated carbocycles. The summed E-state index contributed by atoms with van der Waals surface area (Å²) in [6, 6.07) is 9.34. The van der Waals surface area contributed by atoms with Gasteiger partial charge in [0.2, 0.25) is 0 Å². The van der Waals surface area contributed by atoms with Gasteiger partial charge in [-0.15, -0.1) is 0 Å². The normalized spacial score (nSPS) is 22.7. The number of amides is 4. The van der Waals surface area contributed by atoms with Gasteiger partial charge in [-0.2, -0.15) is 0 Å². The third kappa shape index (κ3) is 4.04. The molecule has 1 atom stereocenters. The van der Waals surface area contributed by atoms with Crippen LogP contribution >= 0.6 is 11.9 Å². The number of likely N-dealkylation sites (tertiary alicyclic amines) is 1. The molecule has 1 aromatic carbocycles. The van der Waals surface area contributed by atoms with Crippen molar-refractivity contribution in [1.29, 1.82) is 0 Å². The second-order valence-corrected chi connectivity index (χ2v) is 8.59. The number of benzene rings is 1. The maximum atomic E-state index is 13.1. The van der Waals surface area contributed by atoms with Gasteiger partial charge in [0.05, 0.1) is 5.70 Å². The number of carbonyl (C=O) groups excluding carboxylic acids is 3. The average Bonchev–Trinajstić information content (AvgIpc) is 3.16. The molecule has 2 fully saturated rings. The Morgan fingerprint density at radius 3 is 2.59 bits per heavy atom. The van der Waals surface area contributed by atoms with Gasteiger partial charge in [-0.25, -0.2) is 9.52 Å². The van der Waals surface area contributed by atoms with E-state index in [2.05, 4.69) is 34.3 Å². The van der Waals surface area contributed by atoms with Crippen LogP contribution in [0.3, 0.4) is 0 Å². The molecule has 29 heavy (non-hydrogen) atoms. The maximum absolute atomic E-state index is 13.1. The number of hydrogen-bond acceptors (Lipinski definition) is 5. The Labute approximate surface area is 175 Å². The summed E-state index contributed by atoms with van der Waals surface area (Å²) in [4.78, 5) is 41.5. The number of nitrogens with one attached hydrogen (secondary N) is 2. The van der Waals surface area contributed by atoms with Crippen molar-refractivity contribution < 1.29 is 14.4 Å². The molecule has 0 spiro atoms. The molecule has 1 unspecified atom stereocenters. The fraction of sp³-hybridized carbons (Fsp3) is 0.476. The van der Waals surface area contributed by atoms with E-state index in [-0.39, 0.29) is 11.8 Å². The number of hydrogen-bond donors (Lipinski definition) is 2. The van der Waals surface area contributed by atoms with Crippen LogP contribution in [0.5, 0.6) is 0 Å². The van der Waals surface area contributed by atoms with Crippen LogP contribution in [0.2, 0.25) is 0 Å². The van der Waals surface area contributed by atoms with Crippen LogP contribution in [-0.4, -0.2) is 53.3 Å². The van der Waals surface area contributed by atoms with Gasteiger partial charge in [-0.1, -0.05) is 37.3 Å². The van der Waals surface area contributed by atoms with Crippen molar-refractivity contribution in [3.8, 4) is 0 Å². The monoisotopic (exact) mass is 414 g/mol. The first-order valence-electron chi connectivity index (χ1n) is 10.2. The third-order valence-corrected chi connectivity index (χ3v) is 6.67. The number of rotatable bonds is 5. The third-order valence-electron chi connectivity index (χ3n) is 5.72. The number of fused-ring (bicyclic) bond motifs is 1. The molecular weight excluding hydrogens is 388 g/mol. The van der Waals surface area contributed by atoms with Gasteiger partial charge in [0.15, 0.2) is 0 Å². The molecule has 0 aromatic heterocycles. The molecule has 3 aliphatic heterocycles. The molecule has 0 aliphatic carbocycles. The highest BCUT2D eigenvalue weighted by Crippen LogP contribution is 2.33. The molecule has 3 heterocycles. The van der Waals surface area contributed by atoms with E-state index in [0.29, 0.717) is 42.6 Å². The second-order valence-electron chi connectivity index (χ2n) is 7.74. The summed E-state index contributed by atoms with van der Waals surface area (Å²) >= 11 is 1.16. The zero-order valence-corrected chi connectivity index (χ0v) is 17.3. The number of carbonyl (C=O) groups is 3. The standard InChI is InChI=1S/C21H26N4O3S/c1-2-10-25-19(26)17-16(22-21(25)28)18(29-23-17)20(27)24-11-8-15(9-12-24)13-14-6-4-3-5-7-14/h3-7,15,17,23H,2,8-13H2,1H3,(H,22,28). The van der Waals surface area contributed by atoms with E-state index in [0.717, 1.165) is 31.2 Å². The van der Waals surface area contributed by atoms with Crippen LogP contribution in [0, 0.1) is 5.92 Å². The Morgan fingerprint density at radius 2 is 1.90 bits per heavy atom. The summed E-state index contributed by atoms with van der Waals surface area (Å²) in [5.74, 6) is 0.178. The number of piperidine rings is 1. The van der Waals surface area contributed by atoms with Crippen molar-refractivity contribution in [2.45, 2.75) is 38.6 Å². The van der Waals surface area contributed by atoms with Crippen molar-refractivity contribution in [2.75, 3.05) is 19.6 Å². The minimum atomic E-state index is -0.654. The lowest BCUT2D eigenvalue weighted by atomic mass is 9.90. The highest BCUT2D eigenvalue weighted by molar-refractivity contribution is 8.02. The van der Waals surface area contributed by atoms with Gasteiger partial charge in [0, 0.05) is 19.6 Å². The first-order valence-corrected chi connectivity index (χ1v) is 11.0. The summed E-state index contributed by atoms with van der Waals surface area (Å²) in [6.07, 6.45) is 3.65. The molecule has 154 valence electrons. The van der Waals surface area contributed by atoms with Crippen molar-refractivity contribution in [1.82, 2.24) is 19.8 Å². The lowest BCUT2D eigenvalue weighted by molar-refractivity contribution is -0.130. The largest absolute Gasteiger partial charge is 0.338 e. The van der Waals surface area contributed by atoms with Gasteiger partial charge in [-0.3, -0.25) is 14.5 Å². The molecule has 3 aliphatic rings. The first kappa shape index (κ1) is 20.0. The quantitative estimate of drug-likeness (QED) is 0.723. The predicted octanol–water partition coefficient (Wildman–Crippen LogP) is 2.26. The van der Waals surface area contributed by atoms with Crippen LogP contribution in [0.4, 0.5) is 4.79 Å². The minimum absolute atomic E-state index is 0.102. The molecule has 8 heteroatoms. The second kappa shape index (κ2) is 8.59. The van der Waals surface area contributed by atoms with Crippen LogP contribution in [0.1, 0.15) is 31.7 Å². The summed E-state index contributed by atoms with van der Waals surface area (Å²) in [6.45, 7) is 3.68. The van der Waals surface area contributed by atoms with Gasteiger partial charge in [-0.05, 0) is 49.1 Å². The van der Waals surface area contributed by atoms with E-state index in [9.17, 15) is 14.4 Å². The molecule has 0 radical (unpaired) electrons. The molecule has 2 N–H and O–H groups in total. The van der Waals surface area contributed by atoms with Gasteiger partial charge in [0.1, 0.15) is 10.9 Å². The van der Waals surface area contributed by atoms with E-state index >= 15 is 0 Å². The van der Waals surface area contributed by atoms with E-state index in [1.807, 2.05) is 17.9 Å². The Bertz CT molecular complexity index is 834. The fourth-order valence-corrected chi connectivity index (χ4v) is 5.08. The molecule has 4 rings (SSSR count). The Hall–Kier alpha value is -2.32. The van der Waals surface area contributed by atoms with Gasteiger partial charge in [0.25, 0.3) is 11.8 Å². The van der Waals surface area contributed by atoms with Crippen molar-refractivity contribution in [3.63, 3.8) is 0 Å². The SMILES string of the molecule is CCCN1C(=O)NC2=C(C(=O)N3CCC(Cc4ccccc4)CC3)SNC2C1=O. The Morgan fingerprint density at radius 1 is 1.17 bits per heavy atom. The molecular formula is C21H26N4O3S. The van der Waals surface area contributed by atoms with E-state index in [1.54, 1.807) is 0 Å². The van der Waals surface area contributed by atoms with Crippen molar-refractivity contribution >= 4 is 29.8 Å². The van der Waals surface area contributed by atoms with Crippen LogP contribution in [0.15, 0.2) is 40.9 Å². The zero-order valence-electron chi connectivity index (χ0n) is 16.5. The Kier molecular flexibility index (Phi) is 5.91. The van der Waals surface area contributed by atoms with Crippen molar-refractivity contribution in [3.05, 3.63) is 46.5 Å². The molecule has 1 aromatic rings. The number of nitrogens with zero attached hydrogens (tertiary/aromatic N) is 2.